The molecule has 0 spiro atoms. The highest BCUT2D eigenvalue weighted by Gasteiger charge is 2.60. The van der Waals surface area contributed by atoms with Gasteiger partial charge in [-0.25, -0.2) is 0 Å². The van der Waals surface area contributed by atoms with Crippen LogP contribution >= 0.6 is 0 Å². The van der Waals surface area contributed by atoms with Crippen molar-refractivity contribution in [1.82, 2.24) is 0 Å². The van der Waals surface area contributed by atoms with Crippen LogP contribution in [0.1, 0.15) is 24.4 Å². The Bertz CT molecular complexity index is 588. The van der Waals surface area contributed by atoms with Crippen LogP contribution in [-0.2, 0) is 14.3 Å². The van der Waals surface area contributed by atoms with Gasteiger partial charge in [-0.1, -0.05) is 30.3 Å². The van der Waals surface area contributed by atoms with E-state index < -0.39 is 42.7 Å². The van der Waals surface area contributed by atoms with Gasteiger partial charge >= 0.3 is 17.9 Å². The average molecular weight is 331 g/mol. The first-order valence-electron chi connectivity index (χ1n) is 6.90. The normalized spacial score (nSPS) is 24.9. The molecule has 0 radical (unpaired) electrons. The van der Waals surface area contributed by atoms with Gasteiger partial charge < -0.3 is 14.6 Å². The molecule has 8 heteroatoms. The van der Waals surface area contributed by atoms with Crippen molar-refractivity contribution in [3.8, 4) is 0 Å². The highest BCUT2D eigenvalue weighted by molar-refractivity contribution is 5.94. The Kier molecular flexibility index (Phi) is 5.06. The van der Waals surface area contributed by atoms with Crippen molar-refractivity contribution >= 4 is 11.7 Å². The molecule has 0 unspecified atom stereocenters. The lowest BCUT2D eigenvalue weighted by molar-refractivity contribution is -0.334. The molecular formula is C15H16F3NO4. The summed E-state index contributed by atoms with van der Waals surface area (Å²) in [4.78, 5) is 15.2. The molecule has 126 valence electrons. The smallest absolute Gasteiger partial charge is 0.449 e. The maximum absolute atomic E-state index is 13.1. The van der Waals surface area contributed by atoms with Crippen molar-refractivity contribution in [2.75, 3.05) is 13.7 Å². The van der Waals surface area contributed by atoms with Crippen LogP contribution in [0, 0.1) is 0 Å². The minimum Gasteiger partial charge on any atom is -0.469 e. The third-order valence-electron chi connectivity index (χ3n) is 3.52. The molecule has 1 aliphatic heterocycles. The number of hydrogen-bond acceptors (Lipinski definition) is 5. The van der Waals surface area contributed by atoms with E-state index in [2.05, 4.69) is 9.73 Å². The summed E-state index contributed by atoms with van der Waals surface area (Å²) in [7, 11) is 1.13. The summed E-state index contributed by atoms with van der Waals surface area (Å²) in [5, 5.41) is 9.89. The molecule has 2 rings (SSSR count). The molecule has 1 aromatic carbocycles. The number of rotatable bonds is 4. The molecule has 1 aliphatic rings. The third kappa shape index (κ3) is 3.70. The first kappa shape index (κ1) is 17.4. The monoisotopic (exact) mass is 331 g/mol. The van der Waals surface area contributed by atoms with E-state index >= 15 is 0 Å². The van der Waals surface area contributed by atoms with Gasteiger partial charge in [0.25, 0.3) is 0 Å². The number of aliphatic imine (C=N–C) groups is 1. The molecule has 0 amide bonds. The van der Waals surface area contributed by atoms with Gasteiger partial charge in [0, 0.05) is 6.42 Å². The number of carbonyl (C=O) groups excluding carboxylic acids is 1. The van der Waals surface area contributed by atoms with Gasteiger partial charge in [-0.2, -0.15) is 13.2 Å². The Morgan fingerprint density at radius 3 is 2.65 bits per heavy atom. The highest BCUT2D eigenvalue weighted by atomic mass is 19.4. The van der Waals surface area contributed by atoms with Gasteiger partial charge in [0.05, 0.1) is 31.9 Å². The molecule has 1 N–H and O–H groups in total. The van der Waals surface area contributed by atoms with Gasteiger partial charge in [0.1, 0.15) is 0 Å². The molecule has 1 aromatic rings. The Morgan fingerprint density at radius 2 is 2.09 bits per heavy atom. The predicted octanol–water partition coefficient (Wildman–Crippen LogP) is 2.40. The van der Waals surface area contributed by atoms with E-state index in [-0.39, 0.29) is 6.42 Å². The minimum atomic E-state index is -5.05. The van der Waals surface area contributed by atoms with E-state index in [0.29, 0.717) is 5.56 Å². The number of benzene rings is 1. The van der Waals surface area contributed by atoms with Crippen LogP contribution < -0.4 is 0 Å². The molecule has 0 saturated carbocycles. The van der Waals surface area contributed by atoms with Crippen molar-refractivity contribution in [2.45, 2.75) is 30.8 Å². The molecule has 0 aromatic heterocycles. The maximum atomic E-state index is 13.1. The second-order valence-electron chi connectivity index (χ2n) is 5.03. The summed E-state index contributed by atoms with van der Waals surface area (Å²) in [5.74, 6) is -4.18. The van der Waals surface area contributed by atoms with Crippen molar-refractivity contribution in [1.29, 1.82) is 0 Å². The van der Waals surface area contributed by atoms with Crippen LogP contribution in [0.3, 0.4) is 0 Å². The number of aliphatic hydroxyl groups is 1. The largest absolute Gasteiger partial charge is 0.469 e. The molecule has 5 nitrogen and oxygen atoms in total. The Balaban J connectivity index is 2.32. The Hall–Kier alpha value is -1.93. The zero-order chi connectivity index (χ0) is 17.1. The fourth-order valence-electron chi connectivity index (χ4n) is 2.24. The van der Waals surface area contributed by atoms with Gasteiger partial charge in [-0.15, -0.1) is 0 Å². The van der Waals surface area contributed by atoms with Crippen LogP contribution in [0.4, 0.5) is 13.2 Å². The first-order valence-corrected chi connectivity index (χ1v) is 6.90. The summed E-state index contributed by atoms with van der Waals surface area (Å²) in [6.45, 7) is -0.415. The lowest BCUT2D eigenvalue weighted by atomic mass is 10.00. The van der Waals surface area contributed by atoms with E-state index in [1.807, 2.05) is 0 Å². The SMILES string of the molecule is COC(=O)CCC1=N[C@H](c2ccccc2)CO[C@@]1(O)C(F)(F)F. The maximum Gasteiger partial charge on any atom is 0.449 e. The van der Waals surface area contributed by atoms with Gasteiger partial charge in [0.15, 0.2) is 0 Å². The molecular weight excluding hydrogens is 315 g/mol. The Labute approximate surface area is 130 Å². The summed E-state index contributed by atoms with van der Waals surface area (Å²) < 4.78 is 48.6. The summed E-state index contributed by atoms with van der Waals surface area (Å²) in [5.41, 5.74) is 0.0304. The Morgan fingerprint density at radius 1 is 1.43 bits per heavy atom. The van der Waals surface area contributed by atoms with Crippen LogP contribution in [0.15, 0.2) is 35.3 Å². The second-order valence-corrected chi connectivity index (χ2v) is 5.03. The van der Waals surface area contributed by atoms with Crippen LogP contribution in [0.5, 0.6) is 0 Å². The average Bonchev–Trinajstić information content (AvgIpc) is 2.53. The molecule has 0 aliphatic carbocycles. The highest BCUT2D eigenvalue weighted by Crippen LogP contribution is 2.39. The number of carbonyl (C=O) groups is 1. The number of methoxy groups -OCH3 is 1. The van der Waals surface area contributed by atoms with Crippen LogP contribution in [0.2, 0.25) is 0 Å². The number of hydrogen-bond donors (Lipinski definition) is 1. The molecule has 0 fully saturated rings. The van der Waals surface area contributed by atoms with Gasteiger partial charge in [0.2, 0.25) is 0 Å². The molecule has 2 atom stereocenters. The minimum absolute atomic E-state index is 0.335. The topological polar surface area (TPSA) is 68.1 Å². The lowest BCUT2D eigenvalue weighted by Crippen LogP contribution is -2.56. The summed E-state index contributed by atoms with van der Waals surface area (Å²) >= 11 is 0. The van der Waals surface area contributed by atoms with Gasteiger partial charge in [-0.05, 0) is 5.56 Å². The quantitative estimate of drug-likeness (QED) is 0.860. The summed E-state index contributed by atoms with van der Waals surface area (Å²) in [6, 6.07) is 7.95. The zero-order valence-electron chi connectivity index (χ0n) is 12.3. The fraction of sp³-hybridized carbons (Fsp3) is 0.467. The molecule has 1 heterocycles. The van der Waals surface area contributed by atoms with E-state index in [0.717, 1.165) is 7.11 Å². The predicted molar refractivity (Wildman–Crippen MR) is 74.8 cm³/mol. The number of nitrogens with zero attached hydrogens (tertiary/aromatic N) is 1. The van der Waals surface area contributed by atoms with E-state index in [1.54, 1.807) is 30.3 Å². The summed E-state index contributed by atoms with van der Waals surface area (Å²) in [6.07, 6.45) is -5.80. The number of esters is 1. The fourth-order valence-corrected chi connectivity index (χ4v) is 2.24. The van der Waals surface area contributed by atoms with Crippen LogP contribution in [-0.4, -0.2) is 42.5 Å². The van der Waals surface area contributed by atoms with E-state index in [9.17, 15) is 23.1 Å². The number of ether oxygens (including phenoxy) is 2. The van der Waals surface area contributed by atoms with Gasteiger partial charge in [-0.3, -0.25) is 9.79 Å². The van der Waals surface area contributed by atoms with Crippen molar-refractivity contribution in [3.63, 3.8) is 0 Å². The lowest BCUT2D eigenvalue weighted by Gasteiger charge is -2.36. The number of halogens is 3. The number of alkyl halides is 3. The van der Waals surface area contributed by atoms with Crippen molar-refractivity contribution in [2.24, 2.45) is 4.99 Å². The van der Waals surface area contributed by atoms with Crippen molar-refractivity contribution < 1.29 is 32.5 Å². The molecule has 0 saturated heterocycles. The second kappa shape index (κ2) is 6.67. The first-order chi connectivity index (χ1) is 10.8. The third-order valence-corrected chi connectivity index (χ3v) is 3.52. The molecule has 23 heavy (non-hydrogen) atoms. The zero-order valence-corrected chi connectivity index (χ0v) is 12.3. The molecule has 0 bridgehead atoms. The van der Waals surface area contributed by atoms with Crippen molar-refractivity contribution in [3.05, 3.63) is 35.9 Å². The van der Waals surface area contributed by atoms with Crippen LogP contribution in [0.25, 0.3) is 0 Å². The van der Waals surface area contributed by atoms with E-state index in [1.165, 1.54) is 0 Å². The van der Waals surface area contributed by atoms with E-state index in [4.69, 9.17) is 4.74 Å². The standard InChI is InChI=1S/C15H16F3NO4/c1-22-13(20)8-7-12-14(21,15(16,17)18)23-9-11(19-12)10-5-3-2-4-6-10/h2-6,11,21H,7-9H2,1H3/t11-,14+/m0/s1.